The lowest BCUT2D eigenvalue weighted by Gasteiger charge is -2.27. The number of nitrogens with zero attached hydrogens (tertiary/aromatic N) is 3. The molecule has 4 rings (SSSR count). The number of rotatable bonds is 8. The minimum atomic E-state index is -0.800. The number of ether oxygens (including phenoxy) is 2. The third-order valence-electron chi connectivity index (χ3n) is 6.13. The molecule has 10 heteroatoms. The van der Waals surface area contributed by atoms with E-state index >= 15 is 0 Å². The highest BCUT2D eigenvalue weighted by Gasteiger charge is 2.36. The molecule has 0 unspecified atom stereocenters. The molecular formula is C28H29BrClN3O4S. The highest BCUT2D eigenvalue weighted by atomic mass is 79.9. The zero-order valence-corrected chi connectivity index (χ0v) is 25.0. The van der Waals surface area contributed by atoms with Crippen LogP contribution in [-0.4, -0.2) is 38.3 Å². The standard InChI is InChI=1S/C28H29BrClN3O4S/c1-6-8-20-24(27(35)37-7-2)25(18-15-17(30)10-12-22(18)36-5)33-26(34)23(38-28(33)31-20)14-16-9-11-21(32(3)4)19(29)13-16/h9-15,25H,6-8H2,1-5H3/b23-14+/t25-/m0/s1. The van der Waals surface area contributed by atoms with E-state index < -0.39 is 12.0 Å². The largest absolute Gasteiger partial charge is 0.496 e. The zero-order valence-electron chi connectivity index (χ0n) is 21.9. The average molecular weight is 619 g/mol. The maximum atomic E-state index is 14.0. The van der Waals surface area contributed by atoms with Gasteiger partial charge in [-0.2, -0.15) is 0 Å². The molecule has 3 aromatic rings. The predicted octanol–water partition coefficient (Wildman–Crippen LogP) is 5.07. The molecule has 0 spiro atoms. The number of fused-ring (bicyclic) bond motifs is 1. The van der Waals surface area contributed by atoms with Crippen molar-refractivity contribution < 1.29 is 14.3 Å². The van der Waals surface area contributed by atoms with E-state index in [-0.39, 0.29) is 12.2 Å². The number of benzene rings is 2. The Morgan fingerprint density at radius 3 is 2.63 bits per heavy atom. The van der Waals surface area contributed by atoms with Crippen LogP contribution in [0.1, 0.15) is 43.9 Å². The van der Waals surface area contributed by atoms with Gasteiger partial charge in [0.05, 0.1) is 35.2 Å². The van der Waals surface area contributed by atoms with Crippen molar-refractivity contribution in [2.75, 3.05) is 32.7 Å². The van der Waals surface area contributed by atoms with E-state index in [1.165, 1.54) is 11.3 Å². The van der Waals surface area contributed by atoms with Gasteiger partial charge in [-0.3, -0.25) is 9.36 Å². The van der Waals surface area contributed by atoms with E-state index in [0.29, 0.717) is 43.4 Å². The van der Waals surface area contributed by atoms with E-state index in [1.807, 2.05) is 50.2 Å². The van der Waals surface area contributed by atoms with E-state index in [2.05, 4.69) is 15.9 Å². The maximum absolute atomic E-state index is 14.0. The fraction of sp³-hybridized carbons (Fsp3) is 0.321. The summed E-state index contributed by atoms with van der Waals surface area (Å²) in [6.45, 7) is 3.97. The van der Waals surface area contributed by atoms with Crippen molar-refractivity contribution in [1.29, 1.82) is 0 Å². The Bertz CT molecular complexity index is 1590. The van der Waals surface area contributed by atoms with Crippen LogP contribution in [0.2, 0.25) is 5.02 Å². The quantitative estimate of drug-likeness (QED) is 0.330. The van der Waals surface area contributed by atoms with E-state index in [4.69, 9.17) is 26.1 Å². The lowest BCUT2D eigenvalue weighted by Crippen LogP contribution is -2.40. The van der Waals surface area contributed by atoms with Crippen LogP contribution in [0.15, 0.2) is 61.9 Å². The molecular weight excluding hydrogens is 590 g/mol. The molecule has 0 fully saturated rings. The van der Waals surface area contributed by atoms with Gasteiger partial charge >= 0.3 is 5.97 Å². The van der Waals surface area contributed by atoms with E-state index in [0.717, 1.165) is 22.1 Å². The van der Waals surface area contributed by atoms with Crippen molar-refractivity contribution in [1.82, 2.24) is 4.57 Å². The summed E-state index contributed by atoms with van der Waals surface area (Å²) in [5.74, 6) is 0.000874. The van der Waals surface area contributed by atoms with Crippen LogP contribution in [0, 0.1) is 0 Å². The van der Waals surface area contributed by atoms with Gasteiger partial charge in [0.1, 0.15) is 11.8 Å². The number of hydrogen-bond acceptors (Lipinski definition) is 7. The fourth-order valence-electron chi connectivity index (χ4n) is 4.46. The monoisotopic (exact) mass is 617 g/mol. The minimum absolute atomic E-state index is 0.198. The summed E-state index contributed by atoms with van der Waals surface area (Å²) in [7, 11) is 5.49. The molecule has 7 nitrogen and oxygen atoms in total. The molecule has 1 atom stereocenters. The lowest BCUT2D eigenvalue weighted by molar-refractivity contribution is -0.139. The van der Waals surface area contributed by atoms with Gasteiger partial charge in [0, 0.05) is 29.2 Å². The number of aromatic nitrogens is 1. The number of carbonyl (C=O) groups is 1. The summed E-state index contributed by atoms with van der Waals surface area (Å²) in [5, 5.41) is 0.464. The highest BCUT2D eigenvalue weighted by Crippen LogP contribution is 2.38. The Morgan fingerprint density at radius 1 is 1.24 bits per heavy atom. The lowest BCUT2D eigenvalue weighted by atomic mass is 9.93. The first-order chi connectivity index (χ1) is 18.2. The van der Waals surface area contributed by atoms with Crippen LogP contribution in [0.4, 0.5) is 5.69 Å². The van der Waals surface area contributed by atoms with Gasteiger partial charge in [0.2, 0.25) is 0 Å². The Kier molecular flexibility index (Phi) is 8.80. The number of allylic oxidation sites excluding steroid dienone is 1. The van der Waals surface area contributed by atoms with Gasteiger partial charge in [0.15, 0.2) is 4.80 Å². The molecule has 0 N–H and O–H groups in total. The molecule has 0 saturated heterocycles. The molecule has 200 valence electrons. The molecule has 2 heterocycles. The molecule has 1 aliphatic heterocycles. The van der Waals surface area contributed by atoms with Gasteiger partial charge in [-0.25, -0.2) is 9.79 Å². The summed E-state index contributed by atoms with van der Waals surface area (Å²) < 4.78 is 14.1. The molecule has 2 aromatic carbocycles. The topological polar surface area (TPSA) is 73.1 Å². The maximum Gasteiger partial charge on any atom is 0.338 e. The van der Waals surface area contributed by atoms with Gasteiger partial charge in [-0.15, -0.1) is 0 Å². The van der Waals surface area contributed by atoms with Crippen LogP contribution in [0.3, 0.4) is 0 Å². The number of thiazole rings is 1. The third kappa shape index (κ3) is 5.46. The first-order valence-electron chi connectivity index (χ1n) is 12.2. The van der Waals surface area contributed by atoms with E-state index in [9.17, 15) is 9.59 Å². The second-order valence-corrected chi connectivity index (χ2v) is 11.2. The summed E-state index contributed by atoms with van der Waals surface area (Å²) in [4.78, 5) is 34.6. The van der Waals surface area contributed by atoms with Crippen LogP contribution in [-0.2, 0) is 9.53 Å². The van der Waals surface area contributed by atoms with Gasteiger partial charge in [-0.1, -0.05) is 42.3 Å². The minimum Gasteiger partial charge on any atom is -0.496 e. The number of methoxy groups -OCH3 is 1. The molecule has 0 bridgehead atoms. The number of halogens is 2. The van der Waals surface area contributed by atoms with Crippen molar-refractivity contribution >= 4 is 56.6 Å². The number of esters is 1. The fourth-order valence-corrected chi connectivity index (χ4v) is 6.41. The Morgan fingerprint density at radius 2 is 2.00 bits per heavy atom. The van der Waals surface area contributed by atoms with Gasteiger partial charge in [-0.05, 0) is 71.2 Å². The van der Waals surface area contributed by atoms with E-state index in [1.54, 1.807) is 36.8 Å². The highest BCUT2D eigenvalue weighted by molar-refractivity contribution is 9.10. The third-order valence-corrected chi connectivity index (χ3v) is 7.98. The Balaban J connectivity index is 2.01. The van der Waals surface area contributed by atoms with Crippen LogP contribution in [0.5, 0.6) is 5.75 Å². The van der Waals surface area contributed by atoms with Crippen molar-refractivity contribution in [2.45, 2.75) is 32.7 Å². The molecule has 0 amide bonds. The van der Waals surface area contributed by atoms with Crippen LogP contribution >= 0.6 is 38.9 Å². The number of anilines is 1. The average Bonchev–Trinajstić information content (AvgIpc) is 3.17. The zero-order chi connectivity index (χ0) is 27.6. The van der Waals surface area contributed by atoms with Gasteiger partial charge < -0.3 is 14.4 Å². The molecule has 0 radical (unpaired) electrons. The summed E-state index contributed by atoms with van der Waals surface area (Å²) in [6.07, 6.45) is 3.16. The SMILES string of the molecule is CCCC1=C(C(=O)OCC)[C@H](c2cc(Cl)ccc2OC)n2c(s/c(=C/c3ccc(N(C)C)c(Br)c3)c2=O)=N1. The normalized spacial score (nSPS) is 15.2. The van der Waals surface area contributed by atoms with Crippen LogP contribution in [0.25, 0.3) is 6.08 Å². The van der Waals surface area contributed by atoms with Crippen molar-refractivity contribution in [2.24, 2.45) is 4.99 Å². The smallest absolute Gasteiger partial charge is 0.338 e. The summed E-state index contributed by atoms with van der Waals surface area (Å²) >= 11 is 11.3. The first kappa shape index (κ1) is 28.1. The Labute approximate surface area is 238 Å². The number of hydrogen-bond donors (Lipinski definition) is 0. The first-order valence-corrected chi connectivity index (χ1v) is 14.2. The van der Waals surface area contributed by atoms with Crippen LogP contribution < -0.4 is 24.5 Å². The molecule has 1 aliphatic rings. The predicted molar refractivity (Wildman–Crippen MR) is 156 cm³/mol. The van der Waals surface area contributed by atoms with Crippen molar-refractivity contribution in [3.05, 3.63) is 88.0 Å². The van der Waals surface area contributed by atoms with Crippen molar-refractivity contribution in [3.8, 4) is 5.75 Å². The number of carbonyl (C=O) groups excluding carboxylic acids is 1. The molecule has 1 aromatic heterocycles. The summed E-state index contributed by atoms with van der Waals surface area (Å²) in [6, 6.07) is 10.3. The molecule has 38 heavy (non-hydrogen) atoms. The Hall–Kier alpha value is -2.88. The second kappa shape index (κ2) is 11.9. The van der Waals surface area contributed by atoms with Gasteiger partial charge in [0.25, 0.3) is 5.56 Å². The summed E-state index contributed by atoms with van der Waals surface area (Å²) in [5.41, 5.74) is 3.15. The second-order valence-electron chi connectivity index (χ2n) is 8.91. The molecule has 0 saturated carbocycles. The van der Waals surface area contributed by atoms with Crippen molar-refractivity contribution in [3.63, 3.8) is 0 Å². The molecule has 0 aliphatic carbocycles.